The molecule has 2 aromatic rings. The van der Waals surface area contributed by atoms with Crippen LogP contribution in [0.1, 0.15) is 31.2 Å². The first-order valence-corrected chi connectivity index (χ1v) is 11.5. The fourth-order valence-electron chi connectivity index (χ4n) is 3.29. The van der Waals surface area contributed by atoms with Crippen molar-refractivity contribution in [1.82, 2.24) is 4.72 Å². The fraction of sp³-hybridized carbons (Fsp3) is 0.273. The van der Waals surface area contributed by atoms with Crippen LogP contribution >= 0.6 is 0 Å². The number of anilines is 1. The van der Waals surface area contributed by atoms with Gasteiger partial charge in [-0.15, -0.1) is 0 Å². The molecule has 0 aromatic heterocycles. The van der Waals surface area contributed by atoms with Crippen LogP contribution in [0.5, 0.6) is 11.5 Å². The van der Waals surface area contributed by atoms with Crippen molar-refractivity contribution < 1.29 is 22.7 Å². The average molecular weight is 442 g/mol. The number of benzene rings is 2. The second kappa shape index (κ2) is 9.22. The molecule has 2 heterocycles. The number of amidine groups is 1. The summed E-state index contributed by atoms with van der Waals surface area (Å²) < 4.78 is 38.6. The van der Waals surface area contributed by atoms with Gasteiger partial charge in [-0.3, -0.25) is 14.5 Å². The lowest BCUT2D eigenvalue weighted by Gasteiger charge is -2.11. The predicted molar refractivity (Wildman–Crippen MR) is 118 cm³/mol. The number of sulfonamides is 1. The summed E-state index contributed by atoms with van der Waals surface area (Å²) in [5.41, 5.74) is 1.16. The minimum atomic E-state index is -3.77. The molecule has 0 bridgehead atoms. The smallest absolute Gasteiger partial charge is 0.262 e. The first kappa shape index (κ1) is 20.9. The van der Waals surface area contributed by atoms with Gasteiger partial charge >= 0.3 is 0 Å². The molecule has 162 valence electrons. The van der Waals surface area contributed by atoms with E-state index in [1.165, 1.54) is 18.2 Å². The number of fused-ring (bicyclic) bond motifs is 1. The summed E-state index contributed by atoms with van der Waals surface area (Å²) in [6, 6.07) is 11.5. The molecule has 1 amide bonds. The van der Waals surface area contributed by atoms with E-state index in [-0.39, 0.29) is 17.6 Å². The Morgan fingerprint density at radius 1 is 1.03 bits per heavy atom. The van der Waals surface area contributed by atoms with E-state index in [2.05, 4.69) is 15.0 Å². The van der Waals surface area contributed by atoms with Crippen LogP contribution in [0.2, 0.25) is 0 Å². The van der Waals surface area contributed by atoms with E-state index in [9.17, 15) is 13.2 Å². The molecule has 2 aliphatic rings. The van der Waals surface area contributed by atoms with E-state index in [1.807, 2.05) is 6.07 Å². The van der Waals surface area contributed by atoms with Crippen molar-refractivity contribution in [2.45, 2.75) is 30.6 Å². The largest absolute Gasteiger partial charge is 0.454 e. The number of hydrogen-bond donors (Lipinski definition) is 2. The minimum Gasteiger partial charge on any atom is -0.454 e. The van der Waals surface area contributed by atoms with Gasteiger partial charge in [0, 0.05) is 24.7 Å². The van der Waals surface area contributed by atoms with Crippen LogP contribution in [-0.2, 0) is 14.8 Å². The van der Waals surface area contributed by atoms with Gasteiger partial charge in [-0.05, 0) is 54.8 Å². The zero-order chi connectivity index (χ0) is 21.7. The SMILES string of the molecule is O=C(C=Cc1ccc2c(c1)OCO2)Nc1cccc(S(=O)(=O)NC2=NCCCCC2)c1. The molecule has 0 fully saturated rings. The second-order valence-corrected chi connectivity index (χ2v) is 8.89. The lowest BCUT2D eigenvalue weighted by atomic mass is 10.2. The van der Waals surface area contributed by atoms with Crippen molar-refractivity contribution in [3.05, 3.63) is 54.1 Å². The highest BCUT2D eigenvalue weighted by Crippen LogP contribution is 2.32. The lowest BCUT2D eigenvalue weighted by molar-refractivity contribution is -0.111. The van der Waals surface area contributed by atoms with Gasteiger partial charge in [0.25, 0.3) is 10.0 Å². The van der Waals surface area contributed by atoms with Crippen molar-refractivity contribution in [2.24, 2.45) is 4.99 Å². The van der Waals surface area contributed by atoms with Crippen LogP contribution in [0.15, 0.2) is 58.4 Å². The van der Waals surface area contributed by atoms with Gasteiger partial charge in [0.05, 0.1) is 4.90 Å². The maximum atomic E-state index is 12.7. The number of carbonyl (C=O) groups excluding carboxylic acids is 1. The molecular formula is C22H23N3O5S. The molecule has 4 rings (SSSR count). The van der Waals surface area contributed by atoms with Crippen molar-refractivity contribution in [3.63, 3.8) is 0 Å². The molecule has 0 atom stereocenters. The zero-order valence-corrected chi connectivity index (χ0v) is 17.7. The third-order valence-electron chi connectivity index (χ3n) is 4.86. The summed E-state index contributed by atoms with van der Waals surface area (Å²) >= 11 is 0. The van der Waals surface area contributed by atoms with Crippen LogP contribution in [0.4, 0.5) is 5.69 Å². The first-order valence-electron chi connectivity index (χ1n) is 10.0. The predicted octanol–water partition coefficient (Wildman–Crippen LogP) is 3.32. The van der Waals surface area contributed by atoms with E-state index in [0.29, 0.717) is 36.0 Å². The van der Waals surface area contributed by atoms with Gasteiger partial charge in [0.2, 0.25) is 12.7 Å². The summed E-state index contributed by atoms with van der Waals surface area (Å²) in [5.74, 6) is 1.40. The van der Waals surface area contributed by atoms with Gasteiger partial charge in [0.1, 0.15) is 5.84 Å². The molecule has 2 aliphatic heterocycles. The molecular weight excluding hydrogens is 418 g/mol. The number of aliphatic imine (C=N–C) groups is 1. The molecule has 0 saturated carbocycles. The topological polar surface area (TPSA) is 106 Å². The quantitative estimate of drug-likeness (QED) is 0.693. The highest BCUT2D eigenvalue weighted by atomic mass is 32.2. The molecule has 8 nitrogen and oxygen atoms in total. The van der Waals surface area contributed by atoms with E-state index >= 15 is 0 Å². The maximum absolute atomic E-state index is 12.7. The van der Waals surface area contributed by atoms with Crippen LogP contribution in [0, 0.1) is 0 Å². The van der Waals surface area contributed by atoms with E-state index < -0.39 is 10.0 Å². The number of amides is 1. The summed E-state index contributed by atoms with van der Waals surface area (Å²) in [4.78, 5) is 16.7. The second-order valence-electron chi connectivity index (χ2n) is 7.21. The van der Waals surface area contributed by atoms with Crippen molar-refractivity contribution in [1.29, 1.82) is 0 Å². The van der Waals surface area contributed by atoms with Crippen LogP contribution in [-0.4, -0.2) is 33.5 Å². The molecule has 0 spiro atoms. The molecule has 0 saturated heterocycles. The van der Waals surface area contributed by atoms with Crippen LogP contribution in [0.3, 0.4) is 0 Å². The number of hydrogen-bond acceptors (Lipinski definition) is 6. The standard InChI is InChI=1S/C22H23N3O5S/c26-22(11-9-16-8-10-19-20(13-16)30-15-29-19)24-17-5-4-6-18(14-17)31(27,28)25-21-7-2-1-3-12-23-21/h4-6,8-11,13-14H,1-3,7,12,15H2,(H,23,25)(H,24,26). The number of nitrogens with zero attached hydrogens (tertiary/aromatic N) is 1. The Morgan fingerprint density at radius 3 is 2.81 bits per heavy atom. The Hall–Kier alpha value is -3.33. The van der Waals surface area contributed by atoms with Gasteiger partial charge in [-0.1, -0.05) is 18.6 Å². The van der Waals surface area contributed by atoms with Gasteiger partial charge < -0.3 is 14.8 Å². The highest BCUT2D eigenvalue weighted by molar-refractivity contribution is 7.90. The first-order chi connectivity index (χ1) is 15.0. The zero-order valence-electron chi connectivity index (χ0n) is 16.8. The van der Waals surface area contributed by atoms with E-state index in [4.69, 9.17) is 9.47 Å². The third kappa shape index (κ3) is 5.43. The highest BCUT2D eigenvalue weighted by Gasteiger charge is 2.18. The van der Waals surface area contributed by atoms with Crippen molar-refractivity contribution in [2.75, 3.05) is 18.7 Å². The number of rotatable bonds is 5. The Morgan fingerprint density at radius 2 is 1.90 bits per heavy atom. The van der Waals surface area contributed by atoms with E-state index in [0.717, 1.165) is 24.8 Å². The monoisotopic (exact) mass is 441 g/mol. The summed E-state index contributed by atoms with van der Waals surface area (Å²) in [6.45, 7) is 0.814. The molecule has 0 radical (unpaired) electrons. The van der Waals surface area contributed by atoms with Crippen molar-refractivity contribution in [3.8, 4) is 11.5 Å². The van der Waals surface area contributed by atoms with Gasteiger partial charge in [-0.2, -0.15) is 0 Å². The molecule has 0 aliphatic carbocycles. The Bertz CT molecular complexity index is 1140. The van der Waals surface area contributed by atoms with E-state index in [1.54, 1.807) is 30.3 Å². The van der Waals surface area contributed by atoms with Gasteiger partial charge in [0.15, 0.2) is 11.5 Å². The third-order valence-corrected chi connectivity index (χ3v) is 6.24. The number of ether oxygens (including phenoxy) is 2. The summed E-state index contributed by atoms with van der Waals surface area (Å²) in [6.07, 6.45) is 6.54. The average Bonchev–Trinajstić information content (AvgIpc) is 3.08. The molecule has 9 heteroatoms. The molecule has 31 heavy (non-hydrogen) atoms. The molecule has 0 unspecified atom stereocenters. The molecule has 2 N–H and O–H groups in total. The number of nitrogens with one attached hydrogen (secondary N) is 2. The molecule has 2 aromatic carbocycles. The Balaban J connectivity index is 1.41. The maximum Gasteiger partial charge on any atom is 0.262 e. The lowest BCUT2D eigenvalue weighted by Crippen LogP contribution is -2.30. The fourth-order valence-corrected chi connectivity index (χ4v) is 4.42. The van der Waals surface area contributed by atoms with Crippen LogP contribution < -0.4 is 19.5 Å². The summed E-state index contributed by atoms with van der Waals surface area (Å²) in [5, 5.41) is 2.69. The van der Waals surface area contributed by atoms with Gasteiger partial charge in [-0.25, -0.2) is 8.42 Å². The number of carbonyl (C=O) groups is 1. The Labute approximate surface area is 181 Å². The summed E-state index contributed by atoms with van der Waals surface area (Å²) in [7, 11) is -3.77. The van der Waals surface area contributed by atoms with Crippen LogP contribution in [0.25, 0.3) is 6.08 Å². The van der Waals surface area contributed by atoms with Crippen molar-refractivity contribution >= 4 is 33.5 Å². The minimum absolute atomic E-state index is 0.0667. The Kier molecular flexibility index (Phi) is 6.22. The normalized spacial score (nSPS) is 15.9.